The predicted molar refractivity (Wildman–Crippen MR) is 246 cm³/mol. The molecule has 0 saturated carbocycles. The number of hydrogen-bond donors (Lipinski definition) is 2. The fourth-order valence-electron chi connectivity index (χ4n) is 9.68. The van der Waals surface area contributed by atoms with Gasteiger partial charge in [0.05, 0.1) is 43.2 Å². The molecule has 1 unspecified atom stereocenters. The van der Waals surface area contributed by atoms with Gasteiger partial charge in [-0.3, -0.25) is 34.2 Å². The number of rotatable bonds is 9. The molecular formula is C47H62F2N8O8S. The molecule has 16 nitrogen and oxygen atoms in total. The summed E-state index contributed by atoms with van der Waals surface area (Å²) in [6.07, 6.45) is 2.18. The summed E-state index contributed by atoms with van der Waals surface area (Å²) >= 11 is 0.820. The number of alkyl halides is 2. The molecule has 6 heterocycles. The molecule has 7 rings (SSSR count). The van der Waals surface area contributed by atoms with Crippen LogP contribution < -0.4 is 10.7 Å². The fraction of sp³-hybridized carbons (Fsp3) is 0.596. The molecule has 2 N–H and O–H groups in total. The third kappa shape index (κ3) is 9.52. The van der Waals surface area contributed by atoms with Gasteiger partial charge in [-0.1, -0.05) is 33.8 Å². The number of carbonyl (C=O) groups excluding carboxylic acids is 5. The number of amides is 4. The summed E-state index contributed by atoms with van der Waals surface area (Å²) in [5.41, 5.74) is 7.40. The zero-order valence-corrected chi connectivity index (χ0v) is 40.0. The van der Waals surface area contributed by atoms with Crippen molar-refractivity contribution in [3.63, 3.8) is 0 Å². The first-order chi connectivity index (χ1) is 31.3. The molecule has 2 fully saturated rings. The van der Waals surface area contributed by atoms with Gasteiger partial charge >= 0.3 is 18.0 Å². The highest BCUT2D eigenvalue weighted by Gasteiger charge is 2.54. The summed E-state index contributed by atoms with van der Waals surface area (Å²) < 4.78 is 53.6. The Morgan fingerprint density at radius 2 is 1.86 bits per heavy atom. The van der Waals surface area contributed by atoms with Crippen LogP contribution in [0.3, 0.4) is 0 Å². The number of likely N-dealkylation sites (tertiary alicyclic amines) is 1. The molecule has 66 heavy (non-hydrogen) atoms. The number of pyridine rings is 1. The van der Waals surface area contributed by atoms with E-state index in [0.717, 1.165) is 50.2 Å². The monoisotopic (exact) mass is 936 g/mol. The van der Waals surface area contributed by atoms with Gasteiger partial charge in [-0.2, -0.15) is 8.78 Å². The van der Waals surface area contributed by atoms with Gasteiger partial charge in [0, 0.05) is 74.2 Å². The number of ether oxygens (including phenoxy) is 3. The third-order valence-corrected chi connectivity index (χ3v) is 14.3. The normalized spacial score (nSPS) is 24.1. The lowest BCUT2D eigenvalue weighted by atomic mass is 9.84. The lowest BCUT2D eigenvalue weighted by Gasteiger charge is -2.38. The molecule has 0 aliphatic carbocycles. The molecule has 0 spiro atoms. The van der Waals surface area contributed by atoms with E-state index in [4.69, 9.17) is 19.2 Å². The molecule has 4 amide bonds. The van der Waals surface area contributed by atoms with Gasteiger partial charge in [0.15, 0.2) is 6.04 Å². The maximum atomic E-state index is 17.4. The number of nitrogens with zero attached hydrogens (tertiary/aromatic N) is 6. The summed E-state index contributed by atoms with van der Waals surface area (Å²) in [5.74, 6) is -8.35. The van der Waals surface area contributed by atoms with E-state index in [0.29, 0.717) is 24.9 Å². The van der Waals surface area contributed by atoms with Gasteiger partial charge in [0.1, 0.15) is 17.1 Å². The van der Waals surface area contributed by atoms with Gasteiger partial charge in [0.2, 0.25) is 11.8 Å². The van der Waals surface area contributed by atoms with Gasteiger partial charge in [-0.05, 0) is 80.8 Å². The average Bonchev–Trinajstić information content (AvgIpc) is 4.08. The Hall–Kier alpha value is -5.14. The van der Waals surface area contributed by atoms with E-state index >= 15 is 8.78 Å². The minimum atomic E-state index is -4.03. The lowest BCUT2D eigenvalue weighted by molar-refractivity contribution is -0.157. The summed E-state index contributed by atoms with van der Waals surface area (Å²) in [7, 11) is 4.30. The number of aryl methyl sites for hydroxylation is 1. The van der Waals surface area contributed by atoms with Crippen LogP contribution in [0, 0.1) is 17.3 Å². The van der Waals surface area contributed by atoms with Crippen LogP contribution in [0.4, 0.5) is 13.6 Å². The van der Waals surface area contributed by atoms with Gasteiger partial charge in [0.25, 0.3) is 5.91 Å². The first-order valence-corrected chi connectivity index (χ1v) is 23.7. The van der Waals surface area contributed by atoms with E-state index in [2.05, 4.69) is 27.2 Å². The second-order valence-electron chi connectivity index (χ2n) is 18.8. The van der Waals surface area contributed by atoms with Crippen molar-refractivity contribution < 1.29 is 47.0 Å². The third-order valence-electron chi connectivity index (χ3n) is 13.2. The molecule has 1 aromatic carbocycles. The first kappa shape index (κ1) is 48.8. The molecule has 19 heteroatoms. The molecule has 0 radical (unpaired) electrons. The van der Waals surface area contributed by atoms with Crippen molar-refractivity contribution in [2.24, 2.45) is 22.2 Å². The van der Waals surface area contributed by atoms with Gasteiger partial charge in [-0.15, -0.1) is 11.8 Å². The minimum Gasteiger partial charge on any atom is -0.464 e. The van der Waals surface area contributed by atoms with Crippen LogP contribution in [0.25, 0.3) is 22.2 Å². The molecule has 6 atom stereocenters. The fourth-order valence-corrected chi connectivity index (χ4v) is 10.8. The van der Waals surface area contributed by atoms with E-state index in [9.17, 15) is 24.0 Å². The number of nitrogens with one attached hydrogen (secondary N) is 2. The number of likely N-dealkylation sites (N-methyl/N-ethyl adjacent to an activating group) is 1. The average molecular weight is 937 g/mol. The number of methoxy groups -OCH3 is 2. The topological polar surface area (TPSA) is 177 Å². The second-order valence-corrected chi connectivity index (χ2v) is 19.8. The number of esters is 1. The summed E-state index contributed by atoms with van der Waals surface area (Å²) in [6, 6.07) is 4.27. The maximum Gasteiger partial charge on any atom is 0.409 e. The number of fused-ring (bicyclic) bond motifs is 5. The summed E-state index contributed by atoms with van der Waals surface area (Å²) in [6.45, 7) is 12.3. The zero-order valence-electron chi connectivity index (χ0n) is 39.2. The highest BCUT2D eigenvalue weighted by atomic mass is 32.2. The van der Waals surface area contributed by atoms with Crippen LogP contribution in [0.15, 0.2) is 41.5 Å². The van der Waals surface area contributed by atoms with Crippen molar-refractivity contribution >= 4 is 57.5 Å². The smallest absolute Gasteiger partial charge is 0.409 e. The minimum absolute atomic E-state index is 0.0122. The van der Waals surface area contributed by atoms with Crippen LogP contribution in [-0.2, 0) is 46.4 Å². The van der Waals surface area contributed by atoms with Crippen LogP contribution in [0.5, 0.6) is 0 Å². The molecule has 2 aromatic heterocycles. The highest BCUT2D eigenvalue weighted by molar-refractivity contribution is 8.14. The van der Waals surface area contributed by atoms with E-state index in [1.54, 1.807) is 27.2 Å². The van der Waals surface area contributed by atoms with Crippen molar-refractivity contribution in [1.29, 1.82) is 0 Å². The molecule has 3 aromatic rings. The standard InChI is InChI=1S/C47H62F2N8O8S/c1-10-56-35-16-15-28-21-31(35)32(38(56)30-13-11-18-50-36(30)27(4)63-8)22-46(5,6)25-65-43(61)33-14-12-19-57(53-33)42(60)39(47(48,49)44-51-34(28)24-66-44)52-40(58)37(26(2)3)54(7)41(59)29-17-20-55(23-29)45(62)64-9/h11,13,15-16,18,21,26-27,29,33-34,37,39,53H,10,12,14,17,19-20,22-25H2,1-9H3,(H,52,58)/t27-,29-,33-,34?,37-,39+/m0/s1. The Morgan fingerprint density at radius 1 is 1.11 bits per heavy atom. The molecule has 4 aliphatic heterocycles. The van der Waals surface area contributed by atoms with Crippen LogP contribution >= 0.6 is 11.8 Å². The van der Waals surface area contributed by atoms with Crippen molar-refractivity contribution in [3.8, 4) is 11.3 Å². The maximum absolute atomic E-state index is 17.4. The number of carbonyl (C=O) groups is 5. The van der Waals surface area contributed by atoms with Crippen molar-refractivity contribution in [2.45, 2.75) is 110 Å². The van der Waals surface area contributed by atoms with E-state index in [1.165, 1.54) is 24.0 Å². The molecular weight excluding hydrogens is 875 g/mol. The van der Waals surface area contributed by atoms with Gasteiger partial charge < -0.3 is 33.9 Å². The molecule has 6 bridgehead atoms. The number of cyclic esters (lactones) is 1. The number of benzene rings is 1. The van der Waals surface area contributed by atoms with Crippen molar-refractivity contribution in [1.82, 2.24) is 35.1 Å². The largest absolute Gasteiger partial charge is 0.464 e. The Kier molecular flexibility index (Phi) is 14.5. The van der Waals surface area contributed by atoms with E-state index < -0.39 is 82.2 Å². The van der Waals surface area contributed by atoms with E-state index in [1.807, 2.05) is 51.1 Å². The molecule has 4 aliphatic rings. The quantitative estimate of drug-likeness (QED) is 0.243. The first-order valence-electron chi connectivity index (χ1n) is 22.7. The number of thioether (sulfide) groups is 1. The van der Waals surface area contributed by atoms with Crippen LogP contribution in [0.2, 0.25) is 0 Å². The Balaban J connectivity index is 1.30. The SMILES string of the molecule is CCn1c(-c2cccnc2[C@H](C)OC)c2c3cc(ccc31)C1CSC(=N1)C(F)(F)[C@H](NC(=O)[C@H](C(C)C)N(C)C(=O)[C@H]1CCN(C(=O)OC)C1)C(=O)N1CCC[C@H](N1)C(=O)OCC(C)(C)C2. The summed E-state index contributed by atoms with van der Waals surface area (Å²) in [4.78, 5) is 80.7. The second kappa shape index (κ2) is 19.6. The van der Waals surface area contributed by atoms with Crippen molar-refractivity contribution in [3.05, 3.63) is 53.3 Å². The zero-order chi connectivity index (χ0) is 47.8. The number of halogens is 2. The van der Waals surface area contributed by atoms with Gasteiger partial charge in [-0.25, -0.2) is 10.2 Å². The molecule has 358 valence electrons. The molecule has 2 saturated heterocycles. The Labute approximate surface area is 388 Å². The number of aromatic nitrogens is 2. The number of hydrazine groups is 1. The predicted octanol–water partition coefficient (Wildman–Crippen LogP) is 5.93. The van der Waals surface area contributed by atoms with Crippen LogP contribution in [-0.4, -0.2) is 136 Å². The number of aliphatic imine (C=N–C) groups is 1. The van der Waals surface area contributed by atoms with Crippen LogP contribution in [0.1, 0.15) is 89.8 Å². The Bertz CT molecular complexity index is 2390. The lowest BCUT2D eigenvalue weighted by Crippen LogP contribution is -2.66. The Morgan fingerprint density at radius 3 is 2.56 bits per heavy atom. The number of hydrogen-bond acceptors (Lipinski definition) is 12. The summed E-state index contributed by atoms with van der Waals surface area (Å²) in [5, 5.41) is 3.61. The highest BCUT2D eigenvalue weighted by Crippen LogP contribution is 2.44. The van der Waals surface area contributed by atoms with Crippen molar-refractivity contribution in [2.75, 3.05) is 53.3 Å². The van der Waals surface area contributed by atoms with E-state index in [-0.39, 0.29) is 50.9 Å².